The third-order valence-electron chi connectivity index (χ3n) is 5.50. The second-order valence-electron chi connectivity index (χ2n) is 7.63. The lowest BCUT2D eigenvalue weighted by Crippen LogP contribution is -2.60. The minimum absolute atomic E-state index is 0.511. The Kier molecular flexibility index (Phi) is 5.61. The Hall–Kier alpha value is -3.99. The van der Waals surface area contributed by atoms with Crippen LogP contribution >= 0.6 is 0 Å². The molecule has 3 aromatic rings. The van der Waals surface area contributed by atoms with Crippen LogP contribution in [0, 0.1) is 0 Å². The van der Waals surface area contributed by atoms with E-state index in [9.17, 15) is 0 Å². The molecule has 0 amide bonds. The SMILES string of the molecule is COC1=CN=C(N2CCOCC2)NC1(Nc1ccncc1)c1ccnc(-c2ccn(C)n2)n1. The van der Waals surface area contributed by atoms with Crippen LogP contribution in [0.1, 0.15) is 5.69 Å². The summed E-state index contributed by atoms with van der Waals surface area (Å²) in [4.78, 5) is 20.2. The average molecular weight is 448 g/mol. The van der Waals surface area contributed by atoms with Gasteiger partial charge in [-0.2, -0.15) is 5.10 Å². The van der Waals surface area contributed by atoms with Crippen molar-refractivity contribution < 1.29 is 9.47 Å². The fraction of sp³-hybridized carbons (Fsp3) is 0.318. The van der Waals surface area contributed by atoms with Crippen molar-refractivity contribution in [3.8, 4) is 11.5 Å². The molecule has 2 aliphatic heterocycles. The van der Waals surface area contributed by atoms with Crippen LogP contribution in [0.15, 0.2) is 66.0 Å². The summed E-state index contributed by atoms with van der Waals surface area (Å²) in [6, 6.07) is 7.50. The summed E-state index contributed by atoms with van der Waals surface area (Å²) in [5.41, 5.74) is 1.13. The van der Waals surface area contributed by atoms with Crippen LogP contribution in [0.2, 0.25) is 0 Å². The summed E-state index contributed by atoms with van der Waals surface area (Å²) >= 11 is 0. The number of hydrogen-bond acceptors (Lipinski definition) is 10. The molecule has 170 valence electrons. The molecular formula is C22H25N9O2. The first kappa shape index (κ1) is 20.9. The zero-order chi connectivity index (χ0) is 22.7. The minimum atomic E-state index is -1.04. The number of aryl methyl sites for hydroxylation is 1. The van der Waals surface area contributed by atoms with Crippen LogP contribution in [0.3, 0.4) is 0 Å². The van der Waals surface area contributed by atoms with Crippen molar-refractivity contribution >= 4 is 11.6 Å². The second kappa shape index (κ2) is 8.87. The summed E-state index contributed by atoms with van der Waals surface area (Å²) in [6.45, 7) is 2.75. The van der Waals surface area contributed by atoms with Crippen LogP contribution < -0.4 is 10.6 Å². The Morgan fingerprint density at radius 2 is 1.94 bits per heavy atom. The predicted molar refractivity (Wildman–Crippen MR) is 122 cm³/mol. The topological polar surface area (TPSA) is 115 Å². The molecular weight excluding hydrogens is 422 g/mol. The van der Waals surface area contributed by atoms with Gasteiger partial charge in [0.05, 0.1) is 32.2 Å². The van der Waals surface area contributed by atoms with Gasteiger partial charge in [-0.05, 0) is 24.3 Å². The number of hydrogen-bond donors (Lipinski definition) is 2. The highest BCUT2D eigenvalue weighted by atomic mass is 16.5. The van der Waals surface area contributed by atoms with Crippen molar-refractivity contribution in [3.63, 3.8) is 0 Å². The van der Waals surface area contributed by atoms with E-state index in [0.717, 1.165) is 18.8 Å². The minimum Gasteiger partial charge on any atom is -0.494 e. The first-order valence-electron chi connectivity index (χ1n) is 10.6. The number of anilines is 1. The second-order valence-corrected chi connectivity index (χ2v) is 7.63. The normalized spacial score (nSPS) is 20.5. The number of aliphatic imine (C=N–C) groups is 1. The van der Waals surface area contributed by atoms with E-state index in [1.807, 2.05) is 37.5 Å². The Bertz CT molecular complexity index is 1170. The molecule has 3 aromatic heterocycles. The number of ether oxygens (including phenoxy) is 2. The maximum atomic E-state index is 5.81. The number of nitrogens with one attached hydrogen (secondary N) is 2. The molecule has 1 unspecified atom stereocenters. The highest BCUT2D eigenvalue weighted by molar-refractivity contribution is 5.84. The number of methoxy groups -OCH3 is 1. The number of pyridine rings is 1. The fourth-order valence-electron chi connectivity index (χ4n) is 3.84. The summed E-state index contributed by atoms with van der Waals surface area (Å²) in [7, 11) is 3.48. The Morgan fingerprint density at radius 1 is 1.12 bits per heavy atom. The van der Waals surface area contributed by atoms with Crippen LogP contribution in [0.25, 0.3) is 11.5 Å². The third kappa shape index (κ3) is 4.10. The molecule has 1 saturated heterocycles. The zero-order valence-corrected chi connectivity index (χ0v) is 18.5. The summed E-state index contributed by atoms with van der Waals surface area (Å²) in [5.74, 6) is 1.78. The average Bonchev–Trinajstić information content (AvgIpc) is 3.31. The molecule has 1 fully saturated rings. The van der Waals surface area contributed by atoms with Gasteiger partial charge in [-0.3, -0.25) is 9.67 Å². The Labute approximate surface area is 191 Å². The lowest BCUT2D eigenvalue weighted by Gasteiger charge is -2.42. The molecule has 2 aliphatic rings. The van der Waals surface area contributed by atoms with E-state index >= 15 is 0 Å². The van der Waals surface area contributed by atoms with Crippen LogP contribution in [0.4, 0.5) is 5.69 Å². The van der Waals surface area contributed by atoms with E-state index in [2.05, 4.69) is 35.6 Å². The molecule has 5 heterocycles. The fourth-order valence-corrected chi connectivity index (χ4v) is 3.84. The summed E-state index contributed by atoms with van der Waals surface area (Å²) in [5, 5.41) is 11.6. The lowest BCUT2D eigenvalue weighted by atomic mass is 10.0. The maximum absolute atomic E-state index is 5.81. The van der Waals surface area contributed by atoms with E-state index in [-0.39, 0.29) is 0 Å². The largest absolute Gasteiger partial charge is 0.494 e. The molecule has 33 heavy (non-hydrogen) atoms. The first-order valence-corrected chi connectivity index (χ1v) is 10.6. The molecule has 5 rings (SSSR count). The molecule has 0 saturated carbocycles. The van der Waals surface area contributed by atoms with Crippen molar-refractivity contribution in [2.75, 3.05) is 38.7 Å². The number of morpholine rings is 1. The van der Waals surface area contributed by atoms with Gasteiger partial charge in [-0.15, -0.1) is 0 Å². The standard InChI is InChI=1S/C22H25N9O2/c1-30-10-6-17(29-30)20-24-9-5-18(26-20)22(27-16-3-7-23-8-4-16)19(32-2)15-25-21(28-22)31-11-13-33-14-12-31/h3-10,15H,11-14H2,1-2H3,(H,23,27)(H,25,28). The first-order chi connectivity index (χ1) is 16.2. The van der Waals surface area contributed by atoms with Gasteiger partial charge >= 0.3 is 0 Å². The quantitative estimate of drug-likeness (QED) is 0.597. The van der Waals surface area contributed by atoms with Gasteiger partial charge in [0.25, 0.3) is 0 Å². The molecule has 11 heteroatoms. The molecule has 0 aliphatic carbocycles. The van der Waals surface area contributed by atoms with Crippen molar-refractivity contribution in [2.45, 2.75) is 5.66 Å². The molecule has 11 nitrogen and oxygen atoms in total. The highest BCUT2D eigenvalue weighted by Gasteiger charge is 2.44. The number of rotatable bonds is 5. The maximum Gasteiger partial charge on any atom is 0.215 e. The van der Waals surface area contributed by atoms with Crippen LogP contribution in [0.5, 0.6) is 0 Å². The lowest BCUT2D eigenvalue weighted by molar-refractivity contribution is 0.0649. The van der Waals surface area contributed by atoms with Crippen LogP contribution in [-0.4, -0.2) is 69.0 Å². The van der Waals surface area contributed by atoms with Gasteiger partial charge in [0.15, 0.2) is 11.6 Å². The molecule has 2 N–H and O–H groups in total. The molecule has 0 spiro atoms. The van der Waals surface area contributed by atoms with Crippen molar-refractivity contribution in [2.24, 2.45) is 12.0 Å². The van der Waals surface area contributed by atoms with E-state index in [1.54, 1.807) is 36.6 Å². The smallest absolute Gasteiger partial charge is 0.215 e. The van der Waals surface area contributed by atoms with Crippen molar-refractivity contribution in [1.29, 1.82) is 0 Å². The summed E-state index contributed by atoms with van der Waals surface area (Å²) in [6.07, 6.45) is 8.75. The van der Waals surface area contributed by atoms with Gasteiger partial charge in [-0.25, -0.2) is 15.0 Å². The summed E-state index contributed by atoms with van der Waals surface area (Å²) < 4.78 is 13.0. The molecule has 0 radical (unpaired) electrons. The van der Waals surface area contributed by atoms with E-state index in [4.69, 9.17) is 14.5 Å². The van der Waals surface area contributed by atoms with Crippen molar-refractivity contribution in [3.05, 3.63) is 66.7 Å². The van der Waals surface area contributed by atoms with Crippen LogP contribution in [-0.2, 0) is 22.2 Å². The number of guanidine groups is 1. The van der Waals surface area contributed by atoms with Gasteiger partial charge in [0.2, 0.25) is 11.6 Å². The van der Waals surface area contributed by atoms with Gasteiger partial charge in [-0.1, -0.05) is 0 Å². The highest BCUT2D eigenvalue weighted by Crippen LogP contribution is 2.33. The number of nitrogens with zero attached hydrogens (tertiary/aromatic N) is 7. The monoisotopic (exact) mass is 447 g/mol. The molecule has 1 atom stereocenters. The van der Waals surface area contributed by atoms with Crippen molar-refractivity contribution in [1.82, 2.24) is 34.9 Å². The van der Waals surface area contributed by atoms with E-state index < -0.39 is 5.66 Å². The van der Waals surface area contributed by atoms with Gasteiger partial charge in [0, 0.05) is 50.6 Å². The third-order valence-corrected chi connectivity index (χ3v) is 5.50. The Balaban J connectivity index is 1.61. The predicted octanol–water partition coefficient (Wildman–Crippen LogP) is 1.32. The van der Waals surface area contributed by atoms with Gasteiger partial charge < -0.3 is 25.0 Å². The number of aromatic nitrogens is 5. The van der Waals surface area contributed by atoms with Gasteiger partial charge in [0.1, 0.15) is 5.69 Å². The zero-order valence-electron chi connectivity index (χ0n) is 18.5. The molecule has 0 bridgehead atoms. The Morgan fingerprint density at radius 3 is 2.67 bits per heavy atom. The molecule has 0 aromatic carbocycles. The van der Waals surface area contributed by atoms with E-state index in [1.165, 1.54) is 0 Å². The van der Waals surface area contributed by atoms with E-state index in [0.29, 0.717) is 42.1 Å².